The van der Waals surface area contributed by atoms with Gasteiger partial charge >= 0.3 is 6.16 Å². The van der Waals surface area contributed by atoms with E-state index in [9.17, 15) is 4.79 Å². The topological polar surface area (TPSA) is 101 Å². The Balaban J connectivity index is 0. The maximum absolute atomic E-state index is 9.22. The van der Waals surface area contributed by atoms with E-state index in [2.05, 4.69) is 5.73 Å². The zero-order valence-corrected chi connectivity index (χ0v) is 4.29. The summed E-state index contributed by atoms with van der Waals surface area (Å²) in [6.45, 7) is 1.31. The fraction of sp³-hybridized carbons (Fsp3) is 0.333. The van der Waals surface area contributed by atoms with Crippen LogP contribution >= 0.6 is 0 Å². The van der Waals surface area contributed by atoms with Gasteiger partial charge in [-0.1, -0.05) is 0 Å². The average molecular weight is 121 g/mol. The molecule has 0 spiro atoms. The van der Waals surface area contributed by atoms with Crippen molar-refractivity contribution in [2.24, 2.45) is 5.73 Å². The van der Waals surface area contributed by atoms with E-state index in [-0.39, 0.29) is 5.91 Å². The Labute approximate surface area is 45.7 Å². The lowest BCUT2D eigenvalue weighted by atomic mass is 10.8. The summed E-state index contributed by atoms with van der Waals surface area (Å²) in [6, 6.07) is 0. The predicted octanol–water partition coefficient (Wildman–Crippen LogP) is -0.286. The molecule has 0 bridgehead atoms. The Morgan fingerprint density at radius 3 is 1.38 bits per heavy atom. The number of hydrogen-bond donors (Lipinski definition) is 3. The van der Waals surface area contributed by atoms with E-state index in [1.165, 1.54) is 6.92 Å². The molecule has 0 aromatic rings. The molecule has 0 unspecified atom stereocenters. The molecule has 0 heterocycles. The van der Waals surface area contributed by atoms with Gasteiger partial charge in [-0.3, -0.25) is 4.79 Å². The summed E-state index contributed by atoms with van der Waals surface area (Å²) in [7, 11) is 0. The second-order valence-corrected chi connectivity index (χ2v) is 0.893. The molecule has 0 aromatic carbocycles. The minimum absolute atomic E-state index is 0.333. The zero-order valence-electron chi connectivity index (χ0n) is 4.29. The van der Waals surface area contributed by atoms with Crippen LogP contribution in [0.25, 0.3) is 0 Å². The van der Waals surface area contributed by atoms with Crippen molar-refractivity contribution < 1.29 is 19.8 Å². The second-order valence-electron chi connectivity index (χ2n) is 0.893. The molecule has 0 aliphatic heterocycles. The number of nitrogens with two attached hydrogens (primary N) is 1. The Hall–Kier alpha value is -1.26. The van der Waals surface area contributed by atoms with Gasteiger partial charge in [0, 0.05) is 6.92 Å². The molecule has 0 saturated carbocycles. The van der Waals surface area contributed by atoms with Crippen LogP contribution in [-0.4, -0.2) is 22.3 Å². The summed E-state index contributed by atoms with van der Waals surface area (Å²) in [4.78, 5) is 17.8. The molecular weight excluding hydrogens is 114 g/mol. The van der Waals surface area contributed by atoms with Crippen molar-refractivity contribution in [2.75, 3.05) is 0 Å². The van der Waals surface area contributed by atoms with Crippen molar-refractivity contribution in [1.29, 1.82) is 0 Å². The Morgan fingerprint density at radius 1 is 1.38 bits per heavy atom. The van der Waals surface area contributed by atoms with Crippen LogP contribution in [0.5, 0.6) is 0 Å². The van der Waals surface area contributed by atoms with Crippen molar-refractivity contribution in [1.82, 2.24) is 0 Å². The SMILES string of the molecule is CC(N)=O.O=C(O)O. The highest BCUT2D eigenvalue weighted by atomic mass is 16.6. The first kappa shape index (κ1) is 9.88. The molecular formula is C3H7NO4. The fourth-order valence-corrected chi connectivity index (χ4v) is 0. The van der Waals surface area contributed by atoms with Gasteiger partial charge in [-0.05, 0) is 0 Å². The van der Waals surface area contributed by atoms with E-state index < -0.39 is 6.16 Å². The van der Waals surface area contributed by atoms with Gasteiger partial charge in [0.25, 0.3) is 0 Å². The van der Waals surface area contributed by atoms with Gasteiger partial charge in [-0.15, -0.1) is 0 Å². The summed E-state index contributed by atoms with van der Waals surface area (Å²) < 4.78 is 0. The summed E-state index contributed by atoms with van der Waals surface area (Å²) in [5.41, 5.74) is 4.47. The highest BCUT2D eigenvalue weighted by molar-refractivity contribution is 5.70. The molecule has 0 fully saturated rings. The van der Waals surface area contributed by atoms with Crippen molar-refractivity contribution in [2.45, 2.75) is 6.92 Å². The molecule has 4 N–H and O–H groups in total. The summed E-state index contributed by atoms with van der Waals surface area (Å²) in [6.07, 6.45) is -1.83. The molecule has 0 aliphatic rings. The van der Waals surface area contributed by atoms with Crippen molar-refractivity contribution in [3.63, 3.8) is 0 Å². The molecule has 5 heteroatoms. The van der Waals surface area contributed by atoms with Crippen molar-refractivity contribution in [3.8, 4) is 0 Å². The van der Waals surface area contributed by atoms with Crippen LogP contribution < -0.4 is 5.73 Å². The highest BCUT2D eigenvalue weighted by Gasteiger charge is 1.70. The van der Waals surface area contributed by atoms with E-state index in [4.69, 9.17) is 15.0 Å². The molecule has 0 radical (unpaired) electrons. The zero-order chi connectivity index (χ0) is 7.15. The number of carboxylic acid groups (broad SMARTS) is 2. The van der Waals surface area contributed by atoms with Gasteiger partial charge in [0.05, 0.1) is 0 Å². The first-order chi connectivity index (χ1) is 3.46. The Bertz CT molecular complexity index is 69.3. The van der Waals surface area contributed by atoms with Gasteiger partial charge in [-0.25, -0.2) is 4.79 Å². The second kappa shape index (κ2) is 5.74. The molecule has 48 valence electrons. The van der Waals surface area contributed by atoms with Crippen LogP contribution in [0.1, 0.15) is 6.92 Å². The molecule has 0 rings (SSSR count). The number of amides is 1. The Kier molecular flexibility index (Phi) is 7.09. The average Bonchev–Trinajstić information content (AvgIpc) is 1.25. The summed E-state index contributed by atoms with van der Waals surface area (Å²) in [5.74, 6) is -0.333. The Morgan fingerprint density at radius 2 is 1.38 bits per heavy atom. The van der Waals surface area contributed by atoms with Crippen LogP contribution in [0.4, 0.5) is 4.79 Å². The standard InChI is InChI=1S/C2H5NO.CH2O3/c1-2(3)4;2-1(3)4/h1H3,(H2,3,4);(H2,2,3,4). The lowest BCUT2D eigenvalue weighted by Crippen LogP contribution is -2.01. The molecule has 0 atom stereocenters. The smallest absolute Gasteiger partial charge is 0.450 e. The van der Waals surface area contributed by atoms with Gasteiger partial charge in [0.2, 0.25) is 5.91 Å². The van der Waals surface area contributed by atoms with Crippen LogP contribution in [0.3, 0.4) is 0 Å². The van der Waals surface area contributed by atoms with Gasteiger partial charge in [0.1, 0.15) is 0 Å². The lowest BCUT2D eigenvalue weighted by molar-refractivity contribution is -0.115. The minimum Gasteiger partial charge on any atom is -0.450 e. The van der Waals surface area contributed by atoms with Gasteiger partial charge in [0.15, 0.2) is 0 Å². The lowest BCUT2D eigenvalue weighted by Gasteiger charge is -1.60. The quantitative estimate of drug-likeness (QED) is 0.410. The number of hydrogen-bond acceptors (Lipinski definition) is 2. The molecule has 0 aliphatic carbocycles. The molecule has 1 amide bonds. The van der Waals surface area contributed by atoms with E-state index in [0.717, 1.165) is 0 Å². The van der Waals surface area contributed by atoms with E-state index in [1.807, 2.05) is 0 Å². The highest BCUT2D eigenvalue weighted by Crippen LogP contribution is 1.42. The number of primary amides is 1. The molecule has 5 nitrogen and oxygen atoms in total. The normalized spacial score (nSPS) is 6.12. The van der Waals surface area contributed by atoms with Crippen LogP contribution in [0.15, 0.2) is 0 Å². The third-order valence-electron chi connectivity index (χ3n) is 0. The number of rotatable bonds is 0. The van der Waals surface area contributed by atoms with E-state index in [1.54, 1.807) is 0 Å². The third-order valence-corrected chi connectivity index (χ3v) is 0. The van der Waals surface area contributed by atoms with E-state index in [0.29, 0.717) is 0 Å². The van der Waals surface area contributed by atoms with Gasteiger partial charge in [-0.2, -0.15) is 0 Å². The first-order valence-electron chi connectivity index (χ1n) is 1.64. The van der Waals surface area contributed by atoms with Crippen molar-refractivity contribution in [3.05, 3.63) is 0 Å². The maximum atomic E-state index is 9.22. The number of carbonyl (C=O) groups excluding carboxylic acids is 1. The van der Waals surface area contributed by atoms with Crippen LogP contribution in [0, 0.1) is 0 Å². The van der Waals surface area contributed by atoms with E-state index >= 15 is 0 Å². The predicted molar refractivity (Wildman–Crippen MR) is 25.5 cm³/mol. The first-order valence-corrected chi connectivity index (χ1v) is 1.64. The summed E-state index contributed by atoms with van der Waals surface area (Å²) in [5, 5.41) is 13.9. The number of carbonyl (C=O) groups is 2. The van der Waals surface area contributed by atoms with Crippen LogP contribution in [0.2, 0.25) is 0 Å². The van der Waals surface area contributed by atoms with Crippen LogP contribution in [-0.2, 0) is 4.79 Å². The molecule has 0 saturated heterocycles. The largest absolute Gasteiger partial charge is 0.503 e. The fourth-order valence-electron chi connectivity index (χ4n) is 0. The van der Waals surface area contributed by atoms with Crippen molar-refractivity contribution >= 4 is 12.1 Å². The molecule has 0 aromatic heterocycles. The third kappa shape index (κ3) is 41.8. The minimum atomic E-state index is -1.83. The summed E-state index contributed by atoms with van der Waals surface area (Å²) >= 11 is 0. The monoisotopic (exact) mass is 121 g/mol. The maximum Gasteiger partial charge on any atom is 0.503 e. The van der Waals surface area contributed by atoms with Gasteiger partial charge < -0.3 is 15.9 Å². The molecule has 8 heavy (non-hydrogen) atoms.